The summed E-state index contributed by atoms with van der Waals surface area (Å²) in [5.41, 5.74) is 0. The minimum atomic E-state index is 0.545. The summed E-state index contributed by atoms with van der Waals surface area (Å²) >= 11 is 3.44. The molecule has 0 aromatic rings. The lowest BCUT2D eigenvalue weighted by atomic mass is 9.82. The molecule has 2 unspecified atom stereocenters. The number of hydrogen-bond acceptors (Lipinski definition) is 1. The Kier molecular flexibility index (Phi) is 6.11. The second-order valence-electron chi connectivity index (χ2n) is 4.81. The second-order valence-corrected chi connectivity index (χ2v) is 5.60. The van der Waals surface area contributed by atoms with Gasteiger partial charge in [-0.3, -0.25) is 0 Å². The van der Waals surface area contributed by atoms with Crippen LogP contribution in [0, 0.1) is 11.8 Å². The van der Waals surface area contributed by atoms with Crippen molar-refractivity contribution in [1.82, 2.24) is 0 Å². The molecule has 0 spiro atoms. The maximum absolute atomic E-state index is 5.90. The molecule has 1 saturated carbocycles. The predicted molar refractivity (Wildman–Crippen MR) is 64.9 cm³/mol. The van der Waals surface area contributed by atoms with Crippen molar-refractivity contribution in [3.8, 4) is 0 Å². The molecule has 14 heavy (non-hydrogen) atoms. The zero-order chi connectivity index (χ0) is 10.4. The van der Waals surface area contributed by atoms with Crippen LogP contribution in [0.1, 0.15) is 46.0 Å². The fraction of sp³-hybridized carbons (Fsp3) is 1.00. The molecule has 1 rings (SSSR count). The normalized spacial score (nSPS) is 33.2. The van der Waals surface area contributed by atoms with Crippen LogP contribution in [0.2, 0.25) is 0 Å². The van der Waals surface area contributed by atoms with Crippen molar-refractivity contribution < 1.29 is 4.74 Å². The lowest BCUT2D eigenvalue weighted by Gasteiger charge is -2.31. The molecule has 1 fully saturated rings. The first-order valence-corrected chi connectivity index (χ1v) is 7.02. The number of halogens is 1. The first-order valence-electron chi connectivity index (χ1n) is 5.90. The molecule has 0 saturated heterocycles. The molecule has 0 amide bonds. The van der Waals surface area contributed by atoms with Gasteiger partial charge >= 0.3 is 0 Å². The van der Waals surface area contributed by atoms with Gasteiger partial charge in [-0.15, -0.1) is 0 Å². The molecule has 1 aliphatic carbocycles. The van der Waals surface area contributed by atoms with Crippen molar-refractivity contribution in [2.75, 3.05) is 11.9 Å². The van der Waals surface area contributed by atoms with E-state index >= 15 is 0 Å². The summed E-state index contributed by atoms with van der Waals surface area (Å²) in [5.74, 6) is 1.72. The average Bonchev–Trinajstić information content (AvgIpc) is 2.11. The first kappa shape index (κ1) is 12.5. The molecule has 84 valence electrons. The zero-order valence-electron chi connectivity index (χ0n) is 9.47. The van der Waals surface area contributed by atoms with Crippen LogP contribution in [-0.4, -0.2) is 18.0 Å². The van der Waals surface area contributed by atoms with Gasteiger partial charge in [0.05, 0.1) is 6.10 Å². The third-order valence-electron chi connectivity index (χ3n) is 3.02. The Morgan fingerprint density at radius 2 is 1.71 bits per heavy atom. The van der Waals surface area contributed by atoms with Crippen molar-refractivity contribution in [3.05, 3.63) is 0 Å². The summed E-state index contributed by atoms with van der Waals surface area (Å²) in [7, 11) is 0. The second kappa shape index (κ2) is 6.84. The highest BCUT2D eigenvalue weighted by molar-refractivity contribution is 9.09. The molecule has 1 aliphatic rings. The highest BCUT2D eigenvalue weighted by Crippen LogP contribution is 2.30. The summed E-state index contributed by atoms with van der Waals surface area (Å²) in [6.07, 6.45) is 6.92. The average molecular weight is 263 g/mol. The molecule has 0 bridgehead atoms. The Morgan fingerprint density at radius 1 is 1.07 bits per heavy atom. The van der Waals surface area contributed by atoms with Gasteiger partial charge in [-0.05, 0) is 43.9 Å². The number of rotatable bonds is 5. The Morgan fingerprint density at radius 3 is 2.29 bits per heavy atom. The predicted octanol–water partition coefficient (Wildman–Crippen LogP) is 4.00. The topological polar surface area (TPSA) is 9.23 Å². The SMILES string of the molecule is CC1CC(C)CC(OCCCCBr)C1. The van der Waals surface area contributed by atoms with Crippen LogP contribution in [-0.2, 0) is 4.74 Å². The molecule has 0 radical (unpaired) electrons. The van der Waals surface area contributed by atoms with Gasteiger partial charge in [0, 0.05) is 11.9 Å². The van der Waals surface area contributed by atoms with Crippen LogP contribution in [0.4, 0.5) is 0 Å². The first-order chi connectivity index (χ1) is 6.72. The lowest BCUT2D eigenvalue weighted by Crippen LogP contribution is -2.26. The summed E-state index contributed by atoms with van der Waals surface area (Å²) in [4.78, 5) is 0. The van der Waals surface area contributed by atoms with Gasteiger partial charge in [-0.25, -0.2) is 0 Å². The molecule has 1 nitrogen and oxygen atoms in total. The maximum atomic E-state index is 5.90. The largest absolute Gasteiger partial charge is 0.378 e. The fourth-order valence-corrected chi connectivity index (χ4v) is 2.85. The Bertz CT molecular complexity index is 139. The van der Waals surface area contributed by atoms with Crippen molar-refractivity contribution in [2.24, 2.45) is 11.8 Å². The smallest absolute Gasteiger partial charge is 0.0580 e. The van der Waals surface area contributed by atoms with Crippen molar-refractivity contribution in [2.45, 2.75) is 52.1 Å². The molecule has 2 atom stereocenters. The molecule has 0 aromatic carbocycles. The molecule has 0 aliphatic heterocycles. The van der Waals surface area contributed by atoms with Crippen LogP contribution >= 0.6 is 15.9 Å². The quantitative estimate of drug-likeness (QED) is 0.538. The summed E-state index contributed by atoms with van der Waals surface area (Å²) < 4.78 is 5.90. The van der Waals surface area contributed by atoms with E-state index < -0.39 is 0 Å². The highest BCUT2D eigenvalue weighted by Gasteiger charge is 2.23. The molecular formula is C12H23BrO. The Balaban J connectivity index is 2.10. The lowest BCUT2D eigenvalue weighted by molar-refractivity contribution is -0.0000224. The van der Waals surface area contributed by atoms with Crippen LogP contribution in [0.25, 0.3) is 0 Å². The van der Waals surface area contributed by atoms with E-state index in [0.717, 1.165) is 23.8 Å². The Hall–Kier alpha value is 0.440. The maximum Gasteiger partial charge on any atom is 0.0580 e. The van der Waals surface area contributed by atoms with Crippen molar-refractivity contribution in [3.63, 3.8) is 0 Å². The number of hydrogen-bond donors (Lipinski definition) is 0. The van der Waals surface area contributed by atoms with Crippen molar-refractivity contribution in [1.29, 1.82) is 0 Å². The van der Waals surface area contributed by atoms with E-state index in [1.54, 1.807) is 0 Å². The van der Waals surface area contributed by atoms with Crippen LogP contribution in [0.5, 0.6) is 0 Å². The molecule has 0 N–H and O–H groups in total. The van der Waals surface area contributed by atoms with Gasteiger partial charge in [-0.2, -0.15) is 0 Å². The molecule has 2 heteroatoms. The summed E-state index contributed by atoms with van der Waals surface area (Å²) in [6, 6.07) is 0. The van der Waals surface area contributed by atoms with Crippen molar-refractivity contribution >= 4 is 15.9 Å². The molecule has 0 aromatic heterocycles. The minimum absolute atomic E-state index is 0.545. The van der Waals surface area contributed by atoms with Gasteiger partial charge in [0.25, 0.3) is 0 Å². The van der Waals surface area contributed by atoms with E-state index in [0.29, 0.717) is 6.10 Å². The van der Waals surface area contributed by atoms with E-state index in [1.807, 2.05) is 0 Å². The van der Waals surface area contributed by atoms with Gasteiger partial charge in [0.15, 0.2) is 0 Å². The fourth-order valence-electron chi connectivity index (χ4n) is 2.46. The zero-order valence-corrected chi connectivity index (χ0v) is 11.1. The summed E-state index contributed by atoms with van der Waals surface area (Å²) in [6.45, 7) is 5.66. The third-order valence-corrected chi connectivity index (χ3v) is 3.58. The monoisotopic (exact) mass is 262 g/mol. The minimum Gasteiger partial charge on any atom is -0.378 e. The van der Waals surface area contributed by atoms with Gasteiger partial charge in [0.2, 0.25) is 0 Å². The van der Waals surface area contributed by atoms with Crippen LogP contribution in [0.3, 0.4) is 0 Å². The molecule has 0 heterocycles. The van der Waals surface area contributed by atoms with Crippen LogP contribution in [0.15, 0.2) is 0 Å². The number of ether oxygens (including phenoxy) is 1. The van der Waals surface area contributed by atoms with E-state index in [1.165, 1.54) is 32.1 Å². The van der Waals surface area contributed by atoms with Gasteiger partial charge in [-0.1, -0.05) is 29.8 Å². The van der Waals surface area contributed by atoms with Crippen LogP contribution < -0.4 is 0 Å². The molecular weight excluding hydrogens is 240 g/mol. The van der Waals surface area contributed by atoms with E-state index in [9.17, 15) is 0 Å². The highest BCUT2D eigenvalue weighted by atomic mass is 79.9. The third kappa shape index (κ3) is 4.79. The van der Waals surface area contributed by atoms with E-state index in [2.05, 4.69) is 29.8 Å². The number of alkyl halides is 1. The standard InChI is InChI=1S/C12H23BrO/c1-10-7-11(2)9-12(8-10)14-6-4-3-5-13/h10-12H,3-9H2,1-2H3. The Labute approximate surface area is 96.7 Å². The van der Waals surface area contributed by atoms with Gasteiger partial charge in [0.1, 0.15) is 0 Å². The van der Waals surface area contributed by atoms with Gasteiger partial charge < -0.3 is 4.74 Å². The van der Waals surface area contributed by atoms with E-state index in [-0.39, 0.29) is 0 Å². The summed E-state index contributed by atoms with van der Waals surface area (Å²) in [5, 5.41) is 1.10. The number of unbranched alkanes of at least 4 members (excludes halogenated alkanes) is 1. The van der Waals surface area contributed by atoms with E-state index in [4.69, 9.17) is 4.74 Å².